The van der Waals surface area contributed by atoms with Crippen molar-refractivity contribution in [3.63, 3.8) is 0 Å². The highest BCUT2D eigenvalue weighted by Crippen LogP contribution is 2.27. The summed E-state index contributed by atoms with van der Waals surface area (Å²) in [4.78, 5) is 0. The normalized spacial score (nSPS) is 10.9. The van der Waals surface area contributed by atoms with E-state index in [0.717, 1.165) is 19.4 Å². The van der Waals surface area contributed by atoms with E-state index < -0.39 is 0 Å². The quantitative estimate of drug-likeness (QED) is 0.546. The van der Waals surface area contributed by atoms with Crippen molar-refractivity contribution in [2.75, 3.05) is 0 Å². The minimum absolute atomic E-state index is 0.233. The van der Waals surface area contributed by atoms with Crippen LogP contribution in [0.4, 0.5) is 11.4 Å². The Kier molecular flexibility index (Phi) is 4.11. The molecule has 0 amide bonds. The van der Waals surface area contributed by atoms with Crippen molar-refractivity contribution < 1.29 is 5.11 Å². The van der Waals surface area contributed by atoms with Gasteiger partial charge in [-0.05, 0) is 65.1 Å². The maximum absolute atomic E-state index is 9.27. The van der Waals surface area contributed by atoms with E-state index in [1.165, 1.54) is 0 Å². The van der Waals surface area contributed by atoms with Crippen molar-refractivity contribution in [3.8, 4) is 5.75 Å². The van der Waals surface area contributed by atoms with Crippen LogP contribution in [-0.2, 0) is 0 Å². The molecule has 0 bridgehead atoms. The fraction of sp³-hybridized carbons (Fsp3) is 0. The summed E-state index contributed by atoms with van der Waals surface area (Å²) in [5.41, 5.74) is 1.53. The Bertz CT molecular complexity index is 555. The lowest BCUT2D eigenvalue weighted by molar-refractivity contribution is 0.475. The SMILES string of the molecule is Oc1ccc(N=Nc2ccc(Br)cc2)c(I)c1. The van der Waals surface area contributed by atoms with Crippen LogP contribution in [0.15, 0.2) is 57.2 Å². The lowest BCUT2D eigenvalue weighted by Crippen LogP contribution is -1.72. The van der Waals surface area contributed by atoms with Gasteiger partial charge in [-0.2, -0.15) is 5.11 Å². The van der Waals surface area contributed by atoms with Crippen molar-refractivity contribution in [2.24, 2.45) is 10.2 Å². The number of azo groups is 1. The number of phenolic OH excluding ortho intramolecular Hbond substituents is 1. The number of benzene rings is 2. The molecule has 2 rings (SSSR count). The van der Waals surface area contributed by atoms with Gasteiger partial charge in [-0.3, -0.25) is 0 Å². The van der Waals surface area contributed by atoms with Crippen molar-refractivity contribution in [3.05, 3.63) is 50.5 Å². The second kappa shape index (κ2) is 5.59. The van der Waals surface area contributed by atoms with E-state index in [1.807, 2.05) is 24.3 Å². The zero-order valence-electron chi connectivity index (χ0n) is 8.64. The smallest absolute Gasteiger partial charge is 0.116 e. The van der Waals surface area contributed by atoms with Crippen LogP contribution in [0.1, 0.15) is 0 Å². The Morgan fingerprint density at radius 2 is 1.71 bits per heavy atom. The lowest BCUT2D eigenvalue weighted by atomic mass is 10.3. The van der Waals surface area contributed by atoms with Crippen LogP contribution in [0.2, 0.25) is 0 Å². The average Bonchev–Trinajstić information content (AvgIpc) is 2.30. The highest BCUT2D eigenvalue weighted by Gasteiger charge is 1.99. The van der Waals surface area contributed by atoms with E-state index in [4.69, 9.17) is 0 Å². The Morgan fingerprint density at radius 3 is 2.35 bits per heavy atom. The van der Waals surface area contributed by atoms with Gasteiger partial charge in [0.15, 0.2) is 0 Å². The zero-order chi connectivity index (χ0) is 12.3. The van der Waals surface area contributed by atoms with Crippen LogP contribution in [0.3, 0.4) is 0 Å². The number of nitrogens with zero attached hydrogens (tertiary/aromatic N) is 2. The number of aromatic hydroxyl groups is 1. The summed E-state index contributed by atoms with van der Waals surface area (Å²) >= 11 is 5.47. The van der Waals surface area contributed by atoms with E-state index in [9.17, 15) is 5.11 Å². The Labute approximate surface area is 121 Å². The van der Waals surface area contributed by atoms with Crippen LogP contribution < -0.4 is 0 Å². The number of hydrogen-bond donors (Lipinski definition) is 1. The Hall–Kier alpha value is -0.950. The zero-order valence-corrected chi connectivity index (χ0v) is 12.4. The van der Waals surface area contributed by atoms with Crippen molar-refractivity contribution in [1.82, 2.24) is 0 Å². The molecule has 0 spiro atoms. The molecule has 0 radical (unpaired) electrons. The molecule has 0 atom stereocenters. The molecule has 0 fully saturated rings. The largest absolute Gasteiger partial charge is 0.508 e. The predicted molar refractivity (Wildman–Crippen MR) is 79.1 cm³/mol. The van der Waals surface area contributed by atoms with Crippen molar-refractivity contribution in [2.45, 2.75) is 0 Å². The summed E-state index contributed by atoms with van der Waals surface area (Å²) in [6.45, 7) is 0. The van der Waals surface area contributed by atoms with Gasteiger partial charge in [0.2, 0.25) is 0 Å². The first-order valence-corrected chi connectivity index (χ1v) is 6.68. The molecule has 0 aliphatic heterocycles. The summed E-state index contributed by atoms with van der Waals surface area (Å²) in [7, 11) is 0. The second-order valence-electron chi connectivity index (χ2n) is 3.31. The van der Waals surface area contributed by atoms with Gasteiger partial charge < -0.3 is 5.11 Å². The third-order valence-electron chi connectivity index (χ3n) is 2.03. The fourth-order valence-corrected chi connectivity index (χ4v) is 2.07. The summed E-state index contributed by atoms with van der Waals surface area (Å²) in [5.74, 6) is 0.233. The highest BCUT2D eigenvalue weighted by molar-refractivity contribution is 14.1. The second-order valence-corrected chi connectivity index (χ2v) is 5.39. The summed E-state index contributed by atoms with van der Waals surface area (Å²) in [6, 6.07) is 12.6. The topological polar surface area (TPSA) is 45.0 Å². The third kappa shape index (κ3) is 3.50. The van der Waals surface area contributed by atoms with Crippen LogP contribution >= 0.6 is 38.5 Å². The monoisotopic (exact) mass is 402 g/mol. The Morgan fingerprint density at radius 1 is 1.00 bits per heavy atom. The molecule has 3 nitrogen and oxygen atoms in total. The van der Waals surface area contributed by atoms with E-state index in [-0.39, 0.29) is 5.75 Å². The van der Waals surface area contributed by atoms with Gasteiger partial charge >= 0.3 is 0 Å². The molecule has 17 heavy (non-hydrogen) atoms. The van der Waals surface area contributed by atoms with Crippen LogP contribution in [-0.4, -0.2) is 5.11 Å². The molecule has 5 heteroatoms. The predicted octanol–water partition coefficient (Wildman–Crippen LogP) is 5.17. The van der Waals surface area contributed by atoms with Gasteiger partial charge in [0.25, 0.3) is 0 Å². The van der Waals surface area contributed by atoms with Crippen LogP contribution in [0, 0.1) is 3.57 Å². The lowest BCUT2D eigenvalue weighted by Gasteiger charge is -1.98. The van der Waals surface area contributed by atoms with Crippen molar-refractivity contribution in [1.29, 1.82) is 0 Å². The summed E-state index contributed by atoms with van der Waals surface area (Å²) < 4.78 is 1.87. The van der Waals surface area contributed by atoms with Gasteiger partial charge in [-0.1, -0.05) is 15.9 Å². The molecule has 0 unspecified atom stereocenters. The minimum Gasteiger partial charge on any atom is -0.508 e. The van der Waals surface area contributed by atoms with E-state index in [0.29, 0.717) is 0 Å². The minimum atomic E-state index is 0.233. The number of phenols is 1. The molecule has 86 valence electrons. The molecule has 0 aliphatic carbocycles. The first-order valence-electron chi connectivity index (χ1n) is 4.81. The van der Waals surface area contributed by atoms with Gasteiger partial charge in [0, 0.05) is 8.04 Å². The third-order valence-corrected chi connectivity index (χ3v) is 3.42. The molecule has 0 saturated carbocycles. The van der Waals surface area contributed by atoms with Gasteiger partial charge in [0.05, 0.1) is 11.4 Å². The van der Waals surface area contributed by atoms with E-state index in [1.54, 1.807) is 18.2 Å². The highest BCUT2D eigenvalue weighted by atomic mass is 127. The van der Waals surface area contributed by atoms with Gasteiger partial charge in [-0.15, -0.1) is 5.11 Å². The molecular weight excluding hydrogens is 395 g/mol. The molecule has 1 N–H and O–H groups in total. The molecule has 0 heterocycles. The van der Waals surface area contributed by atoms with Crippen molar-refractivity contribution >= 4 is 49.9 Å². The number of hydrogen-bond acceptors (Lipinski definition) is 3. The molecule has 0 aromatic heterocycles. The van der Waals surface area contributed by atoms with Crippen LogP contribution in [0.25, 0.3) is 0 Å². The van der Waals surface area contributed by atoms with Gasteiger partial charge in [-0.25, -0.2) is 0 Å². The number of rotatable bonds is 2. The molecule has 2 aromatic carbocycles. The van der Waals surface area contributed by atoms with E-state index in [2.05, 4.69) is 48.7 Å². The van der Waals surface area contributed by atoms with E-state index >= 15 is 0 Å². The molecule has 0 saturated heterocycles. The average molecular weight is 403 g/mol. The standard InChI is InChI=1S/C12H8BrIN2O/c13-8-1-3-9(4-2-8)15-16-12-6-5-10(17)7-11(12)14/h1-7,17H. The summed E-state index contributed by atoms with van der Waals surface area (Å²) in [6.07, 6.45) is 0. The molecule has 0 aliphatic rings. The molecular formula is C12H8BrIN2O. The van der Waals surface area contributed by atoms with Gasteiger partial charge in [0.1, 0.15) is 5.75 Å². The Balaban J connectivity index is 2.23. The fourth-order valence-electron chi connectivity index (χ4n) is 1.20. The maximum Gasteiger partial charge on any atom is 0.116 e. The maximum atomic E-state index is 9.27. The van der Waals surface area contributed by atoms with Crippen LogP contribution in [0.5, 0.6) is 5.75 Å². The number of halogens is 2. The first kappa shape index (κ1) is 12.5. The molecule has 2 aromatic rings. The summed E-state index contributed by atoms with van der Waals surface area (Å²) in [5, 5.41) is 17.5. The first-order chi connectivity index (χ1) is 8.15.